The fraction of sp³-hybridized carbons (Fsp3) is 0.389. The van der Waals surface area contributed by atoms with Gasteiger partial charge in [0.1, 0.15) is 5.75 Å². The molecule has 4 nitrogen and oxygen atoms in total. The number of fused-ring (bicyclic) bond motifs is 1. The van der Waals surface area contributed by atoms with Gasteiger partial charge < -0.3 is 15.8 Å². The van der Waals surface area contributed by atoms with E-state index >= 15 is 0 Å². The first kappa shape index (κ1) is 15.9. The topological polar surface area (TPSA) is 64.3 Å². The number of nitrogen functional groups attached to an aromatic ring is 1. The summed E-state index contributed by atoms with van der Waals surface area (Å²) in [6.07, 6.45) is 3.06. The van der Waals surface area contributed by atoms with Gasteiger partial charge in [-0.1, -0.05) is 19.1 Å². The standard InChI is InChI=1S/C18H22N2O2S/c1-3-22-14-7-5-4-6-13(14)20-18(21)16-12-9-8-11(2)10-15(12)23-17(16)19/h4-7,11H,3,8-10,19H2,1-2H3,(H,20,21)/t11-/m1/s1. The van der Waals surface area contributed by atoms with Gasteiger partial charge in [-0.3, -0.25) is 4.79 Å². The van der Waals surface area contributed by atoms with E-state index in [1.807, 2.05) is 31.2 Å². The van der Waals surface area contributed by atoms with Crippen molar-refractivity contribution in [2.24, 2.45) is 5.92 Å². The minimum atomic E-state index is -0.137. The summed E-state index contributed by atoms with van der Waals surface area (Å²) in [5.41, 5.74) is 8.62. The summed E-state index contributed by atoms with van der Waals surface area (Å²) in [6, 6.07) is 7.47. The van der Waals surface area contributed by atoms with Crippen molar-refractivity contribution >= 4 is 27.9 Å². The molecule has 1 amide bonds. The van der Waals surface area contributed by atoms with Crippen LogP contribution in [0.3, 0.4) is 0 Å². The van der Waals surface area contributed by atoms with Crippen molar-refractivity contribution in [3.63, 3.8) is 0 Å². The van der Waals surface area contributed by atoms with Crippen molar-refractivity contribution < 1.29 is 9.53 Å². The molecule has 5 heteroatoms. The molecule has 1 aliphatic rings. The Balaban J connectivity index is 1.88. The fourth-order valence-corrected chi connectivity index (χ4v) is 4.34. The quantitative estimate of drug-likeness (QED) is 0.887. The van der Waals surface area contributed by atoms with Crippen LogP contribution in [0.15, 0.2) is 24.3 Å². The first-order valence-corrected chi connectivity index (χ1v) is 8.85. The summed E-state index contributed by atoms with van der Waals surface area (Å²) in [4.78, 5) is 14.0. The molecule has 1 aromatic heterocycles. The average Bonchev–Trinajstić information content (AvgIpc) is 2.84. The van der Waals surface area contributed by atoms with E-state index in [0.717, 1.165) is 24.8 Å². The largest absolute Gasteiger partial charge is 0.492 e. The van der Waals surface area contributed by atoms with E-state index in [1.54, 1.807) is 11.3 Å². The van der Waals surface area contributed by atoms with Crippen LogP contribution in [0, 0.1) is 5.92 Å². The first-order valence-electron chi connectivity index (χ1n) is 8.03. The lowest BCUT2D eigenvalue weighted by molar-refractivity contribution is 0.102. The first-order chi connectivity index (χ1) is 11.1. The van der Waals surface area contributed by atoms with Crippen LogP contribution in [0.5, 0.6) is 5.75 Å². The molecule has 2 aromatic rings. The number of carbonyl (C=O) groups is 1. The van der Waals surface area contributed by atoms with Gasteiger partial charge in [0.05, 0.1) is 22.9 Å². The van der Waals surface area contributed by atoms with Crippen LogP contribution in [0.1, 0.15) is 41.1 Å². The normalized spacial score (nSPS) is 16.7. The Morgan fingerprint density at radius 2 is 2.22 bits per heavy atom. The molecule has 3 N–H and O–H groups in total. The molecule has 0 saturated carbocycles. The van der Waals surface area contributed by atoms with Gasteiger partial charge in [-0.15, -0.1) is 11.3 Å². The summed E-state index contributed by atoms with van der Waals surface area (Å²) in [5, 5.41) is 3.58. The van der Waals surface area contributed by atoms with Crippen molar-refractivity contribution in [1.29, 1.82) is 0 Å². The molecule has 1 aliphatic carbocycles. The number of nitrogens with two attached hydrogens (primary N) is 1. The predicted octanol–water partition coefficient (Wildman–Crippen LogP) is 4.11. The maximum atomic E-state index is 12.8. The molecule has 0 radical (unpaired) electrons. The molecular formula is C18H22N2O2S. The number of anilines is 2. The van der Waals surface area contributed by atoms with Gasteiger partial charge >= 0.3 is 0 Å². The number of nitrogens with one attached hydrogen (secondary N) is 1. The molecule has 0 aliphatic heterocycles. The van der Waals surface area contributed by atoms with E-state index in [9.17, 15) is 4.79 Å². The van der Waals surface area contributed by atoms with Gasteiger partial charge in [0, 0.05) is 4.88 Å². The minimum Gasteiger partial charge on any atom is -0.492 e. The highest BCUT2D eigenvalue weighted by Crippen LogP contribution is 2.38. The van der Waals surface area contributed by atoms with E-state index in [-0.39, 0.29) is 5.91 Å². The van der Waals surface area contributed by atoms with Crippen LogP contribution >= 0.6 is 11.3 Å². The molecule has 23 heavy (non-hydrogen) atoms. The lowest BCUT2D eigenvalue weighted by Crippen LogP contribution is -2.18. The predicted molar refractivity (Wildman–Crippen MR) is 95.5 cm³/mol. The molecule has 3 rings (SSSR count). The number of hydrogen-bond donors (Lipinski definition) is 2. The number of thiophene rings is 1. The number of hydrogen-bond acceptors (Lipinski definition) is 4. The van der Waals surface area contributed by atoms with Crippen molar-refractivity contribution in [2.75, 3.05) is 17.7 Å². The molecule has 0 fully saturated rings. The maximum Gasteiger partial charge on any atom is 0.259 e. The monoisotopic (exact) mass is 330 g/mol. The van der Waals surface area contributed by atoms with Gasteiger partial charge in [-0.05, 0) is 49.8 Å². The number of para-hydroxylation sites is 2. The van der Waals surface area contributed by atoms with E-state index in [2.05, 4.69) is 12.2 Å². The lowest BCUT2D eigenvalue weighted by atomic mass is 9.88. The number of amides is 1. The van der Waals surface area contributed by atoms with Gasteiger partial charge in [0.25, 0.3) is 5.91 Å². The summed E-state index contributed by atoms with van der Waals surface area (Å²) >= 11 is 1.56. The number of benzene rings is 1. The Morgan fingerprint density at radius 1 is 1.43 bits per heavy atom. The van der Waals surface area contributed by atoms with Crippen LogP contribution in [-0.4, -0.2) is 12.5 Å². The van der Waals surface area contributed by atoms with E-state index in [0.29, 0.717) is 34.5 Å². The summed E-state index contributed by atoms with van der Waals surface area (Å²) in [6.45, 7) is 4.73. The summed E-state index contributed by atoms with van der Waals surface area (Å²) < 4.78 is 5.57. The Hall–Kier alpha value is -2.01. The van der Waals surface area contributed by atoms with Crippen LogP contribution in [0.2, 0.25) is 0 Å². The second-order valence-corrected chi connectivity index (χ2v) is 7.11. The third kappa shape index (κ3) is 3.20. The average molecular weight is 330 g/mol. The second-order valence-electron chi connectivity index (χ2n) is 5.97. The Labute approximate surface area is 140 Å². The highest BCUT2D eigenvalue weighted by atomic mass is 32.1. The summed E-state index contributed by atoms with van der Waals surface area (Å²) in [5.74, 6) is 1.21. The molecule has 1 atom stereocenters. The van der Waals surface area contributed by atoms with Crippen LogP contribution in [-0.2, 0) is 12.8 Å². The molecule has 1 aromatic carbocycles. The third-order valence-electron chi connectivity index (χ3n) is 4.20. The molecule has 122 valence electrons. The van der Waals surface area contributed by atoms with Crippen LogP contribution in [0.4, 0.5) is 10.7 Å². The van der Waals surface area contributed by atoms with Crippen molar-refractivity contribution in [1.82, 2.24) is 0 Å². The number of ether oxygens (including phenoxy) is 1. The Kier molecular flexibility index (Phi) is 4.57. The molecule has 0 bridgehead atoms. The second kappa shape index (κ2) is 6.62. The number of rotatable bonds is 4. The van der Waals surface area contributed by atoms with E-state index in [1.165, 1.54) is 4.88 Å². The maximum absolute atomic E-state index is 12.8. The van der Waals surface area contributed by atoms with Gasteiger partial charge in [-0.2, -0.15) is 0 Å². The molecular weight excluding hydrogens is 308 g/mol. The molecule has 0 unspecified atom stereocenters. The van der Waals surface area contributed by atoms with Crippen molar-refractivity contribution in [3.8, 4) is 5.75 Å². The van der Waals surface area contributed by atoms with Gasteiger partial charge in [0.2, 0.25) is 0 Å². The molecule has 0 saturated heterocycles. The van der Waals surface area contributed by atoms with Gasteiger partial charge in [-0.25, -0.2) is 0 Å². The zero-order valence-electron chi connectivity index (χ0n) is 13.5. The third-order valence-corrected chi connectivity index (χ3v) is 5.28. The zero-order valence-corrected chi connectivity index (χ0v) is 14.3. The van der Waals surface area contributed by atoms with Crippen molar-refractivity contribution in [2.45, 2.75) is 33.1 Å². The fourth-order valence-electron chi connectivity index (χ4n) is 3.06. The zero-order chi connectivity index (χ0) is 16.4. The molecule has 0 spiro atoms. The van der Waals surface area contributed by atoms with Gasteiger partial charge in [0.15, 0.2) is 0 Å². The smallest absolute Gasteiger partial charge is 0.259 e. The van der Waals surface area contributed by atoms with E-state index < -0.39 is 0 Å². The van der Waals surface area contributed by atoms with E-state index in [4.69, 9.17) is 10.5 Å². The minimum absolute atomic E-state index is 0.137. The summed E-state index contributed by atoms with van der Waals surface area (Å²) in [7, 11) is 0. The number of carbonyl (C=O) groups excluding carboxylic acids is 1. The Bertz CT molecular complexity index is 724. The van der Waals surface area contributed by atoms with Crippen molar-refractivity contribution in [3.05, 3.63) is 40.3 Å². The van der Waals surface area contributed by atoms with Crippen LogP contribution < -0.4 is 15.8 Å². The highest BCUT2D eigenvalue weighted by Gasteiger charge is 2.26. The lowest BCUT2D eigenvalue weighted by Gasteiger charge is -2.19. The Morgan fingerprint density at radius 3 is 3.00 bits per heavy atom. The highest BCUT2D eigenvalue weighted by molar-refractivity contribution is 7.16. The van der Waals surface area contributed by atoms with Crippen LogP contribution in [0.25, 0.3) is 0 Å². The molecule has 1 heterocycles. The SMILES string of the molecule is CCOc1ccccc1NC(=O)c1c(N)sc2c1CC[C@@H](C)C2.